The van der Waals surface area contributed by atoms with Crippen LogP contribution >= 0.6 is 11.6 Å². The fourth-order valence-electron chi connectivity index (χ4n) is 3.82. The Morgan fingerprint density at radius 1 is 1.20 bits per heavy atom. The van der Waals surface area contributed by atoms with E-state index >= 15 is 0 Å². The van der Waals surface area contributed by atoms with Crippen LogP contribution in [0.15, 0.2) is 47.6 Å². The number of hydrogen-bond donors (Lipinski definition) is 2. The lowest BCUT2D eigenvalue weighted by Gasteiger charge is -2.22. The van der Waals surface area contributed by atoms with Crippen molar-refractivity contribution in [3.8, 4) is 0 Å². The van der Waals surface area contributed by atoms with Gasteiger partial charge in [0.2, 0.25) is 0 Å². The Labute approximate surface area is 185 Å². The third-order valence-corrected chi connectivity index (χ3v) is 5.94. The summed E-state index contributed by atoms with van der Waals surface area (Å²) >= 11 is 6.31. The van der Waals surface area contributed by atoms with Crippen molar-refractivity contribution in [2.24, 2.45) is 4.99 Å². The van der Waals surface area contributed by atoms with E-state index in [0.29, 0.717) is 11.1 Å². The maximum Gasteiger partial charge on any atom is 0.191 e. The molecule has 1 aromatic carbocycles. The zero-order chi connectivity index (χ0) is 21.3. The van der Waals surface area contributed by atoms with Crippen molar-refractivity contribution in [2.75, 3.05) is 38.1 Å². The lowest BCUT2D eigenvalue weighted by molar-refractivity contribution is 0.295. The van der Waals surface area contributed by atoms with Gasteiger partial charge in [-0.1, -0.05) is 49.7 Å². The molecule has 1 saturated heterocycles. The van der Waals surface area contributed by atoms with Gasteiger partial charge in [0.1, 0.15) is 5.82 Å². The second-order valence-corrected chi connectivity index (χ2v) is 7.95. The SMILES string of the molecule is CCN(CC)Cc1ccccc1CNC(=NC)NC1CCN(c2ncccc2Cl)C1. The molecule has 0 bridgehead atoms. The Morgan fingerprint density at radius 2 is 1.97 bits per heavy atom. The van der Waals surface area contributed by atoms with Gasteiger partial charge in [0.15, 0.2) is 5.96 Å². The summed E-state index contributed by atoms with van der Waals surface area (Å²) in [6, 6.07) is 12.7. The first-order chi connectivity index (χ1) is 14.6. The fraction of sp³-hybridized carbons (Fsp3) is 0.478. The van der Waals surface area contributed by atoms with Crippen LogP contribution in [0.4, 0.5) is 5.82 Å². The zero-order valence-corrected chi connectivity index (χ0v) is 19.0. The van der Waals surface area contributed by atoms with Crippen molar-refractivity contribution < 1.29 is 0 Å². The van der Waals surface area contributed by atoms with Crippen molar-refractivity contribution in [3.63, 3.8) is 0 Å². The minimum Gasteiger partial charge on any atom is -0.353 e. The number of rotatable bonds is 8. The second kappa shape index (κ2) is 11.2. The molecular formula is C23H33ClN6. The van der Waals surface area contributed by atoms with Crippen LogP contribution in [-0.4, -0.2) is 55.1 Å². The summed E-state index contributed by atoms with van der Waals surface area (Å²) in [7, 11) is 1.82. The van der Waals surface area contributed by atoms with Gasteiger partial charge in [-0.25, -0.2) is 4.98 Å². The van der Waals surface area contributed by atoms with Crippen molar-refractivity contribution in [1.29, 1.82) is 0 Å². The first-order valence-electron chi connectivity index (χ1n) is 10.8. The summed E-state index contributed by atoms with van der Waals surface area (Å²) in [4.78, 5) is 13.5. The molecule has 30 heavy (non-hydrogen) atoms. The molecule has 0 saturated carbocycles. The van der Waals surface area contributed by atoms with E-state index in [0.717, 1.165) is 57.5 Å². The molecular weight excluding hydrogens is 396 g/mol. The number of benzene rings is 1. The van der Waals surface area contributed by atoms with Crippen LogP contribution < -0.4 is 15.5 Å². The Bertz CT molecular complexity index is 836. The van der Waals surface area contributed by atoms with E-state index in [1.54, 1.807) is 6.20 Å². The van der Waals surface area contributed by atoms with Crippen molar-refractivity contribution >= 4 is 23.4 Å². The van der Waals surface area contributed by atoms with E-state index < -0.39 is 0 Å². The van der Waals surface area contributed by atoms with Gasteiger partial charge < -0.3 is 15.5 Å². The molecule has 1 aliphatic heterocycles. The maximum absolute atomic E-state index is 6.31. The van der Waals surface area contributed by atoms with E-state index in [2.05, 4.69) is 68.5 Å². The molecule has 2 aromatic rings. The number of nitrogens with one attached hydrogen (secondary N) is 2. The molecule has 2 heterocycles. The number of hydrogen-bond acceptors (Lipinski definition) is 4. The molecule has 7 heteroatoms. The van der Waals surface area contributed by atoms with Crippen LogP contribution in [0.3, 0.4) is 0 Å². The molecule has 1 unspecified atom stereocenters. The summed E-state index contributed by atoms with van der Waals surface area (Å²) in [5.74, 6) is 1.68. The van der Waals surface area contributed by atoms with Gasteiger partial charge in [0.25, 0.3) is 0 Å². The number of halogens is 1. The molecule has 0 amide bonds. The molecule has 162 valence electrons. The third kappa shape index (κ3) is 5.86. The molecule has 0 radical (unpaired) electrons. The van der Waals surface area contributed by atoms with Crippen LogP contribution in [-0.2, 0) is 13.1 Å². The van der Waals surface area contributed by atoms with Crippen LogP contribution in [0, 0.1) is 0 Å². The highest BCUT2D eigenvalue weighted by Crippen LogP contribution is 2.25. The summed E-state index contributed by atoms with van der Waals surface area (Å²) in [5.41, 5.74) is 2.67. The Hall–Kier alpha value is -2.31. The highest BCUT2D eigenvalue weighted by Gasteiger charge is 2.25. The molecule has 1 aromatic heterocycles. The van der Waals surface area contributed by atoms with Crippen molar-refractivity contribution in [2.45, 2.75) is 39.4 Å². The first-order valence-corrected chi connectivity index (χ1v) is 11.1. The molecule has 1 aliphatic rings. The van der Waals surface area contributed by atoms with Gasteiger partial charge >= 0.3 is 0 Å². The highest BCUT2D eigenvalue weighted by molar-refractivity contribution is 6.32. The maximum atomic E-state index is 6.31. The average Bonchev–Trinajstić information content (AvgIpc) is 3.24. The van der Waals surface area contributed by atoms with Gasteiger partial charge in [0, 0.05) is 45.5 Å². The molecule has 6 nitrogen and oxygen atoms in total. The average molecular weight is 429 g/mol. The normalized spacial score (nSPS) is 16.9. The van der Waals surface area contributed by atoms with Crippen molar-refractivity contribution in [3.05, 3.63) is 58.7 Å². The monoisotopic (exact) mass is 428 g/mol. The van der Waals surface area contributed by atoms with Crippen LogP contribution in [0.1, 0.15) is 31.4 Å². The fourth-order valence-corrected chi connectivity index (χ4v) is 4.06. The van der Waals surface area contributed by atoms with E-state index in [1.807, 2.05) is 19.2 Å². The second-order valence-electron chi connectivity index (χ2n) is 7.54. The summed E-state index contributed by atoms with van der Waals surface area (Å²) in [6.45, 7) is 10.0. The van der Waals surface area contributed by atoms with Crippen LogP contribution in [0.2, 0.25) is 5.02 Å². The van der Waals surface area contributed by atoms with E-state index in [1.165, 1.54) is 11.1 Å². The number of nitrogens with zero attached hydrogens (tertiary/aromatic N) is 4. The number of guanidine groups is 1. The minimum absolute atomic E-state index is 0.306. The van der Waals surface area contributed by atoms with E-state index in [-0.39, 0.29) is 0 Å². The van der Waals surface area contributed by atoms with Gasteiger partial charge in [-0.3, -0.25) is 9.89 Å². The lowest BCUT2D eigenvalue weighted by atomic mass is 10.1. The number of pyridine rings is 1. The third-order valence-electron chi connectivity index (χ3n) is 5.64. The molecule has 1 fully saturated rings. The van der Waals surface area contributed by atoms with Gasteiger partial charge in [-0.2, -0.15) is 0 Å². The molecule has 1 atom stereocenters. The lowest BCUT2D eigenvalue weighted by Crippen LogP contribution is -2.44. The molecule has 2 N–H and O–H groups in total. The van der Waals surface area contributed by atoms with Gasteiger partial charge in [-0.15, -0.1) is 0 Å². The Kier molecular flexibility index (Phi) is 8.34. The number of anilines is 1. The number of aromatic nitrogens is 1. The predicted octanol–water partition coefficient (Wildman–Crippen LogP) is 3.52. The quantitative estimate of drug-likeness (QED) is 0.497. The van der Waals surface area contributed by atoms with Crippen LogP contribution in [0.25, 0.3) is 0 Å². The molecule has 0 aliphatic carbocycles. The first kappa shape index (κ1) is 22.4. The van der Waals surface area contributed by atoms with Crippen LogP contribution in [0.5, 0.6) is 0 Å². The standard InChI is InChI=1S/C23H33ClN6/c1-4-29(5-2)16-19-10-7-6-9-18(19)15-27-23(25-3)28-20-12-14-30(17-20)22-21(24)11-8-13-26-22/h6-11,13,20H,4-5,12,14-17H2,1-3H3,(H2,25,27,28). The predicted molar refractivity (Wildman–Crippen MR) is 126 cm³/mol. The molecule has 3 rings (SSSR count). The zero-order valence-electron chi connectivity index (χ0n) is 18.2. The van der Waals surface area contributed by atoms with Crippen molar-refractivity contribution in [1.82, 2.24) is 20.5 Å². The summed E-state index contributed by atoms with van der Waals surface area (Å²) in [6.07, 6.45) is 2.81. The Balaban J connectivity index is 1.56. The summed E-state index contributed by atoms with van der Waals surface area (Å²) in [5, 5.41) is 7.74. The smallest absolute Gasteiger partial charge is 0.191 e. The number of aliphatic imine (C=N–C) groups is 1. The summed E-state index contributed by atoms with van der Waals surface area (Å²) < 4.78 is 0. The highest BCUT2D eigenvalue weighted by atomic mass is 35.5. The van der Waals surface area contributed by atoms with E-state index in [9.17, 15) is 0 Å². The molecule has 0 spiro atoms. The Morgan fingerprint density at radius 3 is 2.67 bits per heavy atom. The van der Waals surface area contributed by atoms with E-state index in [4.69, 9.17) is 11.6 Å². The van der Waals surface area contributed by atoms with Gasteiger partial charge in [-0.05, 0) is 42.8 Å². The minimum atomic E-state index is 0.306. The topological polar surface area (TPSA) is 55.8 Å². The van der Waals surface area contributed by atoms with Gasteiger partial charge in [0.05, 0.1) is 5.02 Å². The largest absolute Gasteiger partial charge is 0.353 e.